The summed E-state index contributed by atoms with van der Waals surface area (Å²) in [5.41, 5.74) is 2.73. The van der Waals surface area contributed by atoms with Crippen molar-refractivity contribution < 1.29 is 24.6 Å². The summed E-state index contributed by atoms with van der Waals surface area (Å²) in [6.45, 7) is 0. The van der Waals surface area contributed by atoms with Crippen LogP contribution < -0.4 is 16.4 Å². The van der Waals surface area contributed by atoms with Crippen molar-refractivity contribution in [3.8, 4) is 0 Å². The van der Waals surface area contributed by atoms with Crippen molar-refractivity contribution >= 4 is 46.9 Å². The van der Waals surface area contributed by atoms with Crippen LogP contribution in [0.1, 0.15) is 12.8 Å². The van der Waals surface area contributed by atoms with E-state index < -0.39 is 40.9 Å². The molecule has 2 amide bonds. The molecule has 134 valence electrons. The van der Waals surface area contributed by atoms with Crippen LogP contribution in [0, 0.1) is 11.8 Å². The number of benzene rings is 1. The van der Waals surface area contributed by atoms with Crippen LogP contribution in [-0.2, 0) is 9.59 Å². The largest absolute Gasteiger partial charge is 0.480 e. The van der Waals surface area contributed by atoms with Gasteiger partial charge in [0.05, 0.1) is 10.7 Å². The van der Waals surface area contributed by atoms with E-state index >= 15 is 0 Å². The summed E-state index contributed by atoms with van der Waals surface area (Å²) in [4.78, 5) is 35.6. The van der Waals surface area contributed by atoms with Crippen LogP contribution in [0.2, 0.25) is 10.0 Å². The van der Waals surface area contributed by atoms with E-state index in [1.807, 2.05) is 0 Å². The Bertz CT molecular complexity index is 788. The molecule has 8 nitrogen and oxygen atoms in total. The molecule has 10 heteroatoms. The van der Waals surface area contributed by atoms with Crippen LogP contribution in [0.3, 0.4) is 0 Å². The maximum Gasteiger partial charge on any atom is 0.329 e. The van der Waals surface area contributed by atoms with Gasteiger partial charge in [0, 0.05) is 11.4 Å². The van der Waals surface area contributed by atoms with Crippen molar-refractivity contribution in [2.75, 3.05) is 5.32 Å². The second-order valence-corrected chi connectivity index (χ2v) is 7.29. The number of aliphatic carboxylic acids is 2. The van der Waals surface area contributed by atoms with Gasteiger partial charge in [0.25, 0.3) is 0 Å². The average molecular weight is 388 g/mol. The zero-order chi connectivity index (χ0) is 18.6. The summed E-state index contributed by atoms with van der Waals surface area (Å²) in [6.07, 6.45) is -0.0567. The van der Waals surface area contributed by atoms with Crippen molar-refractivity contribution in [3.05, 3.63) is 28.2 Å². The molecule has 2 aliphatic rings. The Morgan fingerprint density at radius 3 is 2.36 bits per heavy atom. The predicted octanol–water partition coefficient (Wildman–Crippen LogP) is 1.76. The highest BCUT2D eigenvalue weighted by Gasteiger charge is 2.74. The van der Waals surface area contributed by atoms with Crippen molar-refractivity contribution in [3.63, 3.8) is 0 Å². The first kappa shape index (κ1) is 17.8. The van der Waals surface area contributed by atoms with E-state index in [4.69, 9.17) is 28.9 Å². The number of halogens is 2. The molecule has 1 aromatic carbocycles. The topological polar surface area (TPSA) is 142 Å². The number of carboxylic acid groups (broad SMARTS) is 2. The number of rotatable bonds is 4. The van der Waals surface area contributed by atoms with Crippen molar-refractivity contribution in [2.24, 2.45) is 17.6 Å². The molecule has 4 atom stereocenters. The maximum absolute atomic E-state index is 12.3. The Morgan fingerprint density at radius 2 is 1.84 bits per heavy atom. The zero-order valence-electron chi connectivity index (χ0n) is 12.8. The minimum absolute atomic E-state index is 0.182. The van der Waals surface area contributed by atoms with E-state index in [0.717, 1.165) is 0 Å². The number of carboxylic acids is 2. The molecule has 1 aromatic rings. The minimum Gasteiger partial charge on any atom is -0.480 e. The van der Waals surface area contributed by atoms with E-state index in [0.29, 0.717) is 11.4 Å². The molecule has 0 heterocycles. The summed E-state index contributed by atoms with van der Waals surface area (Å²) in [7, 11) is 0. The molecule has 2 aliphatic carbocycles. The molecule has 3 rings (SSSR count). The smallest absolute Gasteiger partial charge is 0.329 e. The Balaban J connectivity index is 1.81. The number of nitrogens with one attached hydrogen (secondary N) is 2. The Kier molecular flexibility index (Phi) is 4.09. The third-order valence-corrected chi connectivity index (χ3v) is 5.50. The number of fused-ring (bicyclic) bond motifs is 1. The van der Waals surface area contributed by atoms with Gasteiger partial charge in [-0.05, 0) is 36.5 Å². The number of urea groups is 1. The first-order valence-corrected chi connectivity index (χ1v) is 8.15. The van der Waals surface area contributed by atoms with E-state index in [1.54, 1.807) is 0 Å². The number of hydrogen-bond donors (Lipinski definition) is 5. The SMILES string of the molecule is N[C@]1(C(=O)O)C[C@](NC(=O)Nc2ccc(Cl)cc2Cl)(C(=O)O)[C@H]2C[C@@H]21. The quantitative estimate of drug-likeness (QED) is 0.532. The van der Waals surface area contributed by atoms with Gasteiger partial charge in [-0.1, -0.05) is 23.2 Å². The fraction of sp³-hybridized carbons (Fsp3) is 0.400. The highest BCUT2D eigenvalue weighted by molar-refractivity contribution is 6.36. The molecule has 0 bridgehead atoms. The van der Waals surface area contributed by atoms with Gasteiger partial charge in [-0.2, -0.15) is 0 Å². The number of anilines is 1. The number of carbonyl (C=O) groups is 3. The van der Waals surface area contributed by atoms with E-state index in [-0.39, 0.29) is 17.1 Å². The fourth-order valence-corrected chi connectivity index (χ4v) is 4.09. The molecule has 0 aliphatic heterocycles. The van der Waals surface area contributed by atoms with Crippen LogP contribution in [0.5, 0.6) is 0 Å². The summed E-state index contributed by atoms with van der Waals surface area (Å²) in [5, 5.41) is 24.4. The number of carbonyl (C=O) groups excluding carboxylic acids is 1. The van der Waals surface area contributed by atoms with Gasteiger partial charge in [0.1, 0.15) is 11.1 Å². The molecule has 2 saturated carbocycles. The zero-order valence-corrected chi connectivity index (χ0v) is 14.3. The van der Waals surface area contributed by atoms with Crippen LogP contribution in [0.4, 0.5) is 10.5 Å². The molecule has 2 fully saturated rings. The Labute approximate surface area is 152 Å². The number of hydrogen-bond acceptors (Lipinski definition) is 4. The lowest BCUT2D eigenvalue weighted by Crippen LogP contribution is -2.60. The van der Waals surface area contributed by atoms with E-state index in [9.17, 15) is 24.6 Å². The average Bonchev–Trinajstić information content (AvgIpc) is 3.26. The van der Waals surface area contributed by atoms with Crippen LogP contribution in [-0.4, -0.2) is 39.3 Å². The Hall–Kier alpha value is -2.03. The first-order chi connectivity index (χ1) is 11.6. The van der Waals surface area contributed by atoms with Crippen LogP contribution >= 0.6 is 23.2 Å². The summed E-state index contributed by atoms with van der Waals surface area (Å²) < 4.78 is 0. The monoisotopic (exact) mass is 387 g/mol. The molecule has 25 heavy (non-hydrogen) atoms. The van der Waals surface area contributed by atoms with Gasteiger partial charge in [-0.15, -0.1) is 0 Å². The molecular weight excluding hydrogens is 373 g/mol. The molecular formula is C15H15Cl2N3O5. The van der Waals surface area contributed by atoms with Crippen molar-refractivity contribution in [1.82, 2.24) is 5.32 Å². The van der Waals surface area contributed by atoms with Gasteiger partial charge in [-0.3, -0.25) is 4.79 Å². The van der Waals surface area contributed by atoms with Crippen LogP contribution in [0.15, 0.2) is 18.2 Å². The lowest BCUT2D eigenvalue weighted by Gasteiger charge is -2.31. The van der Waals surface area contributed by atoms with Gasteiger partial charge in [0.15, 0.2) is 0 Å². The molecule has 0 saturated heterocycles. The lowest BCUT2D eigenvalue weighted by molar-refractivity contribution is -0.147. The number of nitrogens with two attached hydrogens (primary N) is 1. The van der Waals surface area contributed by atoms with Gasteiger partial charge >= 0.3 is 18.0 Å². The summed E-state index contributed by atoms with van der Waals surface area (Å²) in [5.74, 6) is -3.60. The normalized spacial score (nSPS) is 32.6. The van der Waals surface area contributed by atoms with Gasteiger partial charge < -0.3 is 26.6 Å². The highest BCUT2D eigenvalue weighted by Crippen LogP contribution is 2.61. The molecule has 6 N–H and O–H groups in total. The maximum atomic E-state index is 12.3. The van der Waals surface area contributed by atoms with Gasteiger partial charge in [-0.25, -0.2) is 9.59 Å². The third-order valence-electron chi connectivity index (χ3n) is 4.95. The second kappa shape index (κ2) is 5.76. The lowest BCUT2D eigenvalue weighted by atomic mass is 9.85. The molecule has 0 unspecified atom stereocenters. The van der Waals surface area contributed by atoms with Gasteiger partial charge in [0.2, 0.25) is 0 Å². The second-order valence-electron chi connectivity index (χ2n) is 6.45. The predicted molar refractivity (Wildman–Crippen MR) is 89.8 cm³/mol. The Morgan fingerprint density at radius 1 is 1.16 bits per heavy atom. The van der Waals surface area contributed by atoms with Crippen molar-refractivity contribution in [1.29, 1.82) is 0 Å². The number of amides is 2. The molecule has 0 aromatic heterocycles. The van der Waals surface area contributed by atoms with Crippen LogP contribution in [0.25, 0.3) is 0 Å². The van der Waals surface area contributed by atoms with E-state index in [1.165, 1.54) is 18.2 Å². The van der Waals surface area contributed by atoms with Crippen molar-refractivity contribution in [2.45, 2.75) is 23.9 Å². The first-order valence-electron chi connectivity index (χ1n) is 7.40. The fourth-order valence-electron chi connectivity index (χ4n) is 3.64. The standard InChI is InChI=1S/C15H15Cl2N3O5/c16-6-1-2-10(9(17)3-6)19-13(25)20-15(12(23)24)5-14(18,11(21)22)7-4-8(7)15/h1-3,7-8H,4-5,18H2,(H,21,22)(H,23,24)(H2,19,20,25)/t7-,8-,14+,15+/m0/s1. The molecule has 0 radical (unpaired) electrons. The minimum atomic E-state index is -1.74. The summed E-state index contributed by atoms with van der Waals surface area (Å²) in [6, 6.07) is 3.59. The summed E-state index contributed by atoms with van der Waals surface area (Å²) >= 11 is 11.8. The molecule has 0 spiro atoms. The highest BCUT2D eigenvalue weighted by atomic mass is 35.5. The van der Waals surface area contributed by atoms with E-state index in [2.05, 4.69) is 10.6 Å². The third kappa shape index (κ3) is 2.80.